The van der Waals surface area contributed by atoms with E-state index < -0.39 is 0 Å². The minimum absolute atomic E-state index is 0.300. The van der Waals surface area contributed by atoms with E-state index in [1.165, 1.54) is 0 Å². The molecule has 0 aromatic carbocycles. The van der Waals surface area contributed by atoms with Crippen molar-refractivity contribution in [2.24, 2.45) is 5.41 Å². The number of hydrogen-bond acceptors (Lipinski definition) is 0. The third-order valence-electron chi connectivity index (χ3n) is 1.26. The molecule has 0 aliphatic heterocycles. The lowest BCUT2D eigenvalue weighted by Crippen LogP contribution is -2.03. The Morgan fingerprint density at radius 1 is 1.50 bits per heavy atom. The zero-order valence-electron chi connectivity index (χ0n) is 6.07. The molecule has 0 fully saturated rings. The van der Waals surface area contributed by atoms with Crippen LogP contribution in [0.25, 0.3) is 0 Å². The average Bonchev–Trinajstić information content (AvgIpc) is 1.67. The van der Waals surface area contributed by atoms with Gasteiger partial charge in [-0.25, -0.2) is 0 Å². The Balaban J connectivity index is 3.71. The Hall–Kier alpha value is -0.260. The van der Waals surface area contributed by atoms with Crippen molar-refractivity contribution in [1.82, 2.24) is 0 Å². The molecular formula is C8H15. The summed E-state index contributed by atoms with van der Waals surface area (Å²) in [5.41, 5.74) is 0.300. The highest BCUT2D eigenvalue weighted by Crippen LogP contribution is 2.20. The summed E-state index contributed by atoms with van der Waals surface area (Å²) in [6, 6.07) is 0. The second-order valence-electron chi connectivity index (χ2n) is 2.74. The molecule has 0 bridgehead atoms. The van der Waals surface area contributed by atoms with Gasteiger partial charge >= 0.3 is 0 Å². The van der Waals surface area contributed by atoms with Gasteiger partial charge in [0.05, 0.1) is 0 Å². The monoisotopic (exact) mass is 111 g/mol. The molecule has 0 unspecified atom stereocenters. The van der Waals surface area contributed by atoms with Crippen molar-refractivity contribution in [2.75, 3.05) is 0 Å². The lowest BCUT2D eigenvalue weighted by Gasteiger charge is -2.15. The summed E-state index contributed by atoms with van der Waals surface area (Å²) in [6.45, 7) is 10.2. The summed E-state index contributed by atoms with van der Waals surface area (Å²) in [5.74, 6) is 0. The van der Waals surface area contributed by atoms with Crippen LogP contribution in [0.15, 0.2) is 12.2 Å². The zero-order chi connectivity index (χ0) is 6.62. The molecule has 0 N–H and O–H groups in total. The van der Waals surface area contributed by atoms with Crippen LogP contribution < -0.4 is 0 Å². The molecule has 0 saturated carbocycles. The Morgan fingerprint density at radius 2 is 2.00 bits per heavy atom. The topological polar surface area (TPSA) is 0 Å². The molecule has 47 valence electrons. The molecule has 0 atom stereocenters. The molecule has 0 aromatic rings. The second-order valence-corrected chi connectivity index (χ2v) is 2.74. The Labute approximate surface area is 52.6 Å². The van der Waals surface area contributed by atoms with Crippen molar-refractivity contribution in [3.8, 4) is 0 Å². The molecule has 1 radical (unpaired) electrons. The van der Waals surface area contributed by atoms with Gasteiger partial charge in [0, 0.05) is 0 Å². The number of allylic oxidation sites excluding steroid dienone is 2. The van der Waals surface area contributed by atoms with Crippen molar-refractivity contribution in [3.05, 3.63) is 19.1 Å². The number of hydrogen-bond donors (Lipinski definition) is 0. The lowest BCUT2D eigenvalue weighted by molar-refractivity contribution is 0.486. The van der Waals surface area contributed by atoms with Crippen LogP contribution in [0.2, 0.25) is 0 Å². The van der Waals surface area contributed by atoms with Gasteiger partial charge in [0.1, 0.15) is 0 Å². The maximum absolute atomic E-state index is 3.82. The Kier molecular flexibility index (Phi) is 2.81. The van der Waals surface area contributed by atoms with Crippen LogP contribution in [0, 0.1) is 12.3 Å². The van der Waals surface area contributed by atoms with Gasteiger partial charge in [-0.2, -0.15) is 0 Å². The summed E-state index contributed by atoms with van der Waals surface area (Å²) in [7, 11) is 0. The van der Waals surface area contributed by atoms with Crippen LogP contribution in [-0.2, 0) is 0 Å². The number of rotatable bonds is 2. The van der Waals surface area contributed by atoms with Gasteiger partial charge in [0.15, 0.2) is 0 Å². The van der Waals surface area contributed by atoms with Gasteiger partial charge < -0.3 is 0 Å². The van der Waals surface area contributed by atoms with Crippen LogP contribution in [0.1, 0.15) is 27.2 Å². The van der Waals surface area contributed by atoms with E-state index in [0.717, 1.165) is 6.42 Å². The highest BCUT2D eigenvalue weighted by molar-refractivity contribution is 4.92. The van der Waals surface area contributed by atoms with Crippen LogP contribution >= 0.6 is 0 Å². The predicted molar refractivity (Wildman–Crippen MR) is 38.6 cm³/mol. The van der Waals surface area contributed by atoms with E-state index in [9.17, 15) is 0 Å². The standard InChI is InChI=1S/C8H15/c1-5-7-8(3,4)6-2/h5,7H,2,6H2,1,3-4H3/b7-5+. The fourth-order valence-electron chi connectivity index (χ4n) is 0.535. The smallest absolute Gasteiger partial charge is 0.0175 e. The first-order valence-corrected chi connectivity index (χ1v) is 3.05. The molecule has 0 saturated heterocycles. The SMILES string of the molecule is [CH2]CC(C)(C)/C=C/C. The van der Waals surface area contributed by atoms with Crippen LogP contribution in [0.3, 0.4) is 0 Å². The quantitative estimate of drug-likeness (QED) is 0.481. The van der Waals surface area contributed by atoms with Gasteiger partial charge in [-0.15, -0.1) is 0 Å². The van der Waals surface area contributed by atoms with Gasteiger partial charge in [0.25, 0.3) is 0 Å². The molecule has 0 rings (SSSR count). The normalized spacial score (nSPS) is 13.0. The third kappa shape index (κ3) is 2.84. The minimum atomic E-state index is 0.300. The highest BCUT2D eigenvalue weighted by atomic mass is 14.1. The molecule has 0 heteroatoms. The molecule has 0 amide bonds. The maximum Gasteiger partial charge on any atom is -0.0175 e. The third-order valence-corrected chi connectivity index (χ3v) is 1.26. The van der Waals surface area contributed by atoms with E-state index >= 15 is 0 Å². The minimum Gasteiger partial charge on any atom is -0.0911 e. The van der Waals surface area contributed by atoms with E-state index in [1.807, 2.05) is 6.92 Å². The summed E-state index contributed by atoms with van der Waals surface area (Å²) in [4.78, 5) is 0. The largest absolute Gasteiger partial charge is 0.0911 e. The molecule has 0 aliphatic carbocycles. The van der Waals surface area contributed by atoms with Crippen molar-refractivity contribution in [2.45, 2.75) is 27.2 Å². The van der Waals surface area contributed by atoms with E-state index in [1.54, 1.807) is 0 Å². The average molecular weight is 111 g/mol. The lowest BCUT2D eigenvalue weighted by atomic mass is 9.90. The summed E-state index contributed by atoms with van der Waals surface area (Å²) in [5, 5.41) is 0. The summed E-state index contributed by atoms with van der Waals surface area (Å²) in [6.07, 6.45) is 5.22. The molecule has 0 nitrogen and oxygen atoms in total. The zero-order valence-corrected chi connectivity index (χ0v) is 6.07. The van der Waals surface area contributed by atoms with E-state index in [4.69, 9.17) is 0 Å². The fraction of sp³-hybridized carbons (Fsp3) is 0.625. The van der Waals surface area contributed by atoms with Crippen molar-refractivity contribution < 1.29 is 0 Å². The summed E-state index contributed by atoms with van der Waals surface area (Å²) >= 11 is 0. The first-order valence-electron chi connectivity index (χ1n) is 3.05. The van der Waals surface area contributed by atoms with Crippen molar-refractivity contribution in [1.29, 1.82) is 0 Å². The second kappa shape index (κ2) is 2.91. The molecule has 8 heavy (non-hydrogen) atoms. The van der Waals surface area contributed by atoms with E-state index in [0.29, 0.717) is 5.41 Å². The summed E-state index contributed by atoms with van der Waals surface area (Å²) < 4.78 is 0. The van der Waals surface area contributed by atoms with Crippen LogP contribution in [0.5, 0.6) is 0 Å². The molecule has 0 heterocycles. The Bertz CT molecular complexity index is 78.0. The van der Waals surface area contributed by atoms with Crippen molar-refractivity contribution >= 4 is 0 Å². The molecule has 0 aromatic heterocycles. The Morgan fingerprint density at radius 3 is 2.12 bits per heavy atom. The van der Waals surface area contributed by atoms with E-state index in [2.05, 4.69) is 32.9 Å². The van der Waals surface area contributed by atoms with Gasteiger partial charge in [0.2, 0.25) is 0 Å². The molecular weight excluding hydrogens is 96.1 g/mol. The van der Waals surface area contributed by atoms with E-state index in [-0.39, 0.29) is 0 Å². The molecule has 0 spiro atoms. The van der Waals surface area contributed by atoms with Crippen molar-refractivity contribution in [3.63, 3.8) is 0 Å². The maximum atomic E-state index is 3.82. The first-order chi connectivity index (χ1) is 3.62. The van der Waals surface area contributed by atoms with Crippen LogP contribution in [-0.4, -0.2) is 0 Å². The van der Waals surface area contributed by atoms with Gasteiger partial charge in [-0.05, 0) is 18.8 Å². The van der Waals surface area contributed by atoms with Crippen LogP contribution in [0.4, 0.5) is 0 Å². The van der Waals surface area contributed by atoms with Gasteiger partial charge in [-0.3, -0.25) is 0 Å². The highest BCUT2D eigenvalue weighted by Gasteiger charge is 2.07. The first kappa shape index (κ1) is 7.74. The fourth-order valence-corrected chi connectivity index (χ4v) is 0.535. The predicted octanol–water partition coefficient (Wildman–Crippen LogP) is 2.81. The molecule has 0 aliphatic rings. The van der Waals surface area contributed by atoms with Gasteiger partial charge in [-0.1, -0.05) is 32.9 Å².